The number of anilines is 1. The Hall–Kier alpha value is -4.34. The predicted molar refractivity (Wildman–Crippen MR) is 132 cm³/mol. The van der Waals surface area contributed by atoms with Gasteiger partial charge in [0.05, 0.1) is 5.69 Å². The van der Waals surface area contributed by atoms with Gasteiger partial charge in [-0.05, 0) is 60.9 Å². The molecule has 1 N–H and O–H groups in total. The van der Waals surface area contributed by atoms with E-state index in [0.29, 0.717) is 30.6 Å². The molecule has 1 fully saturated rings. The van der Waals surface area contributed by atoms with E-state index in [4.69, 9.17) is 14.7 Å². The minimum atomic E-state index is -0.362. The smallest absolute Gasteiger partial charge is 0.298 e. The number of fused-ring (bicyclic) bond motifs is 1. The number of amidine groups is 1. The number of aromatic nitrogens is 2. The van der Waals surface area contributed by atoms with Crippen molar-refractivity contribution in [3.05, 3.63) is 102 Å². The summed E-state index contributed by atoms with van der Waals surface area (Å²) < 4.78 is 32.2. The van der Waals surface area contributed by atoms with Crippen LogP contribution in [0, 0.1) is 11.6 Å². The van der Waals surface area contributed by atoms with Gasteiger partial charge < -0.3 is 15.0 Å². The fourth-order valence-corrected chi connectivity index (χ4v) is 4.94. The van der Waals surface area contributed by atoms with Crippen molar-refractivity contribution in [2.24, 2.45) is 4.99 Å². The Kier molecular flexibility index (Phi) is 5.99. The number of amides is 1. The van der Waals surface area contributed by atoms with E-state index in [0.717, 1.165) is 24.1 Å². The quantitative estimate of drug-likeness (QED) is 0.556. The van der Waals surface area contributed by atoms with Crippen molar-refractivity contribution in [3.63, 3.8) is 0 Å². The number of hydrogen-bond donors (Lipinski definition) is 1. The van der Waals surface area contributed by atoms with Crippen molar-refractivity contribution in [1.82, 2.24) is 19.8 Å². The number of hydrogen-bond acceptors (Lipinski definition) is 7. The zero-order valence-corrected chi connectivity index (χ0v) is 19.8. The lowest BCUT2D eigenvalue weighted by Crippen LogP contribution is -2.42. The summed E-state index contributed by atoms with van der Waals surface area (Å²) in [6, 6.07) is 13.8. The molecule has 1 amide bonds. The molecule has 10 heteroatoms. The highest BCUT2D eigenvalue weighted by molar-refractivity contribution is 5.94. The first kappa shape index (κ1) is 23.1. The van der Waals surface area contributed by atoms with Gasteiger partial charge in [0.2, 0.25) is 5.95 Å². The van der Waals surface area contributed by atoms with Gasteiger partial charge in [-0.3, -0.25) is 9.69 Å². The normalized spacial score (nSPS) is 21.0. The third-order valence-electron chi connectivity index (χ3n) is 6.86. The molecule has 1 aromatic heterocycles. The first-order valence-corrected chi connectivity index (χ1v) is 12.1. The highest BCUT2D eigenvalue weighted by Crippen LogP contribution is 2.43. The van der Waals surface area contributed by atoms with Gasteiger partial charge >= 0.3 is 0 Å². The molecule has 188 valence electrons. The zero-order valence-electron chi connectivity index (χ0n) is 19.8. The molecule has 3 aliphatic rings. The average molecular weight is 503 g/mol. The van der Waals surface area contributed by atoms with Crippen molar-refractivity contribution < 1.29 is 18.3 Å². The molecule has 3 aliphatic heterocycles. The summed E-state index contributed by atoms with van der Waals surface area (Å²) in [6.07, 6.45) is 6.57. The fraction of sp³-hybridized carbons (Fsp3) is 0.259. The third-order valence-corrected chi connectivity index (χ3v) is 6.86. The number of carbonyl (C=O) groups excluding carboxylic acids is 1. The predicted octanol–water partition coefficient (Wildman–Crippen LogP) is 4.43. The molecule has 0 aliphatic carbocycles. The van der Waals surface area contributed by atoms with Gasteiger partial charge in [0, 0.05) is 37.1 Å². The summed E-state index contributed by atoms with van der Waals surface area (Å²) in [5.41, 5.74) is 2.10. The molecule has 6 rings (SSSR count). The maximum atomic E-state index is 13.5. The topological polar surface area (TPSA) is 83.0 Å². The number of likely N-dealkylation sites (tertiary alicyclic amines) is 1. The Morgan fingerprint density at radius 2 is 1.68 bits per heavy atom. The molecule has 0 saturated carbocycles. The van der Waals surface area contributed by atoms with E-state index in [1.165, 1.54) is 36.4 Å². The van der Waals surface area contributed by atoms with E-state index in [1.807, 2.05) is 17.2 Å². The lowest BCUT2D eigenvalue weighted by atomic mass is 9.97. The Balaban J connectivity index is 1.14. The third kappa shape index (κ3) is 4.62. The number of ether oxygens (including phenoxy) is 1. The van der Waals surface area contributed by atoms with E-state index >= 15 is 0 Å². The van der Waals surface area contributed by atoms with Crippen molar-refractivity contribution in [2.75, 3.05) is 18.4 Å². The molecule has 0 spiro atoms. The molecule has 37 heavy (non-hydrogen) atoms. The fourth-order valence-electron chi connectivity index (χ4n) is 4.94. The van der Waals surface area contributed by atoms with Gasteiger partial charge in [-0.15, -0.1) is 0 Å². The Bertz CT molecular complexity index is 1350. The first-order valence-electron chi connectivity index (χ1n) is 12.1. The largest absolute Gasteiger partial charge is 0.432 e. The van der Waals surface area contributed by atoms with Crippen LogP contribution in [0.5, 0.6) is 0 Å². The van der Waals surface area contributed by atoms with Crippen molar-refractivity contribution >= 4 is 17.9 Å². The second-order valence-electron chi connectivity index (χ2n) is 9.19. The number of nitrogens with one attached hydrogen (secondary N) is 1. The standard InChI is InChI=1S/C27H24F2N6O2/c28-19-5-1-17(2-6-19)23-24(35-15-16-37-27(35)33-23)22-9-12-30-26(32-22)31-21-10-13-34(14-11-21)25(36)18-3-7-20(29)8-4-18/h1-9,12,15-16,21,23-24H,10-11,13-14H2,(H,30,31,32). The van der Waals surface area contributed by atoms with Gasteiger partial charge in [-0.1, -0.05) is 12.1 Å². The monoisotopic (exact) mass is 502 g/mol. The van der Waals surface area contributed by atoms with Crippen LogP contribution < -0.4 is 5.32 Å². The minimum Gasteiger partial charge on any atom is -0.432 e. The van der Waals surface area contributed by atoms with Crippen LogP contribution in [0.25, 0.3) is 0 Å². The number of rotatable bonds is 5. The molecule has 2 unspecified atom stereocenters. The van der Waals surface area contributed by atoms with E-state index in [2.05, 4.69) is 10.3 Å². The molecule has 1 saturated heterocycles. The summed E-state index contributed by atoms with van der Waals surface area (Å²) >= 11 is 0. The van der Waals surface area contributed by atoms with Crippen LogP contribution in [0.3, 0.4) is 0 Å². The van der Waals surface area contributed by atoms with Crippen LogP contribution in [-0.4, -0.2) is 50.8 Å². The number of carbonyl (C=O) groups is 1. The van der Waals surface area contributed by atoms with Crippen molar-refractivity contribution in [1.29, 1.82) is 0 Å². The molecule has 8 nitrogen and oxygen atoms in total. The molecule has 2 atom stereocenters. The molecule has 2 aromatic carbocycles. The zero-order chi connectivity index (χ0) is 25.4. The summed E-state index contributed by atoms with van der Waals surface area (Å²) in [5.74, 6) is -0.265. The Morgan fingerprint density at radius 1 is 0.973 bits per heavy atom. The minimum absolute atomic E-state index is 0.0959. The van der Waals surface area contributed by atoms with Crippen molar-refractivity contribution in [3.8, 4) is 0 Å². The molecule has 4 heterocycles. The average Bonchev–Trinajstić information content (AvgIpc) is 3.51. The number of halogens is 2. The lowest BCUT2D eigenvalue weighted by Gasteiger charge is -2.32. The van der Waals surface area contributed by atoms with E-state index in [-0.39, 0.29) is 35.7 Å². The molecule has 0 bridgehead atoms. The van der Waals surface area contributed by atoms with Crippen molar-refractivity contribution in [2.45, 2.75) is 31.0 Å². The molecular weight excluding hydrogens is 478 g/mol. The summed E-state index contributed by atoms with van der Waals surface area (Å²) in [5, 5.41) is 3.41. The van der Waals surface area contributed by atoms with E-state index in [9.17, 15) is 13.6 Å². The number of piperidine rings is 1. The van der Waals surface area contributed by atoms with Crippen LogP contribution in [0.15, 0.2) is 78.2 Å². The molecular formula is C27H24F2N6O2. The molecule has 3 aromatic rings. The SMILES string of the molecule is O=C(c1ccc(F)cc1)N1CCC(Nc2nccc(C3C(c4ccc(F)cc4)N=C4OC=CN43)n2)CC1. The Labute approximate surface area is 212 Å². The maximum Gasteiger partial charge on any atom is 0.298 e. The lowest BCUT2D eigenvalue weighted by molar-refractivity contribution is 0.0718. The van der Waals surface area contributed by atoms with Gasteiger partial charge in [-0.2, -0.15) is 0 Å². The first-order chi connectivity index (χ1) is 18.0. The van der Waals surface area contributed by atoms with Gasteiger partial charge in [0.15, 0.2) is 0 Å². The maximum absolute atomic E-state index is 13.5. The highest BCUT2D eigenvalue weighted by atomic mass is 19.1. The van der Waals surface area contributed by atoms with Crippen LogP contribution in [0.4, 0.5) is 14.7 Å². The number of benzene rings is 2. The van der Waals surface area contributed by atoms with E-state index in [1.54, 1.807) is 29.5 Å². The van der Waals surface area contributed by atoms with Gasteiger partial charge in [0.25, 0.3) is 11.9 Å². The van der Waals surface area contributed by atoms with Crippen LogP contribution in [0.2, 0.25) is 0 Å². The van der Waals surface area contributed by atoms with Crippen LogP contribution in [0.1, 0.15) is 46.5 Å². The summed E-state index contributed by atoms with van der Waals surface area (Å²) in [7, 11) is 0. The number of aliphatic imine (C=N–C) groups is 1. The summed E-state index contributed by atoms with van der Waals surface area (Å²) in [6.45, 7) is 1.16. The van der Waals surface area contributed by atoms with Crippen LogP contribution in [-0.2, 0) is 4.74 Å². The Morgan fingerprint density at radius 3 is 2.41 bits per heavy atom. The van der Waals surface area contributed by atoms with Gasteiger partial charge in [-0.25, -0.2) is 23.7 Å². The summed E-state index contributed by atoms with van der Waals surface area (Å²) in [4.78, 5) is 30.3. The molecule has 0 radical (unpaired) electrons. The second-order valence-corrected chi connectivity index (χ2v) is 9.19. The number of nitrogens with zero attached hydrogens (tertiary/aromatic N) is 5. The second kappa shape index (κ2) is 9.61. The highest BCUT2D eigenvalue weighted by Gasteiger charge is 2.41. The van der Waals surface area contributed by atoms with Gasteiger partial charge in [0.1, 0.15) is 30.0 Å². The van der Waals surface area contributed by atoms with Crippen LogP contribution >= 0.6 is 0 Å². The van der Waals surface area contributed by atoms with E-state index < -0.39 is 0 Å².